The van der Waals surface area contributed by atoms with Gasteiger partial charge in [-0.25, -0.2) is 0 Å². The molecule has 98 valence electrons. The fourth-order valence-electron chi connectivity index (χ4n) is 1.63. The van der Waals surface area contributed by atoms with Crippen LogP contribution in [0.5, 0.6) is 11.5 Å². The number of thioether (sulfide) groups is 1. The van der Waals surface area contributed by atoms with E-state index in [1.807, 2.05) is 36.4 Å². The molecule has 0 N–H and O–H groups in total. The highest BCUT2D eigenvalue weighted by Gasteiger charge is 2.05. The number of ether oxygens (including phenoxy) is 2. The van der Waals surface area contributed by atoms with Crippen LogP contribution < -0.4 is 9.47 Å². The first-order valence-corrected chi connectivity index (χ1v) is 6.66. The van der Waals surface area contributed by atoms with E-state index in [-0.39, 0.29) is 0 Å². The summed E-state index contributed by atoms with van der Waals surface area (Å²) in [6, 6.07) is 15.4. The Kier molecular flexibility index (Phi) is 4.86. The summed E-state index contributed by atoms with van der Waals surface area (Å²) in [4.78, 5) is 11.4. The quantitative estimate of drug-likeness (QED) is 0.596. The zero-order valence-electron chi connectivity index (χ0n) is 10.5. The first-order valence-electron chi connectivity index (χ1n) is 5.78. The average molecular weight is 274 g/mol. The van der Waals surface area contributed by atoms with Gasteiger partial charge >= 0.3 is 0 Å². The Balaban J connectivity index is 2.08. The van der Waals surface area contributed by atoms with E-state index in [4.69, 9.17) is 9.47 Å². The third-order valence-corrected chi connectivity index (χ3v) is 3.23. The highest BCUT2D eigenvalue weighted by atomic mass is 32.2. The number of benzene rings is 2. The molecule has 0 bridgehead atoms. The van der Waals surface area contributed by atoms with E-state index in [9.17, 15) is 4.79 Å². The zero-order valence-corrected chi connectivity index (χ0v) is 11.4. The van der Waals surface area contributed by atoms with Gasteiger partial charge < -0.3 is 9.47 Å². The largest absolute Gasteiger partial charge is 0.496 e. The summed E-state index contributed by atoms with van der Waals surface area (Å²) in [6.45, 7) is 0.498. The molecule has 4 heteroatoms. The van der Waals surface area contributed by atoms with Crippen molar-refractivity contribution in [3.63, 3.8) is 0 Å². The van der Waals surface area contributed by atoms with Crippen molar-refractivity contribution in [3.8, 4) is 11.5 Å². The molecule has 0 fully saturated rings. The van der Waals surface area contributed by atoms with Crippen molar-refractivity contribution in [3.05, 3.63) is 54.1 Å². The van der Waals surface area contributed by atoms with Crippen molar-refractivity contribution in [2.24, 2.45) is 0 Å². The number of rotatable bonds is 6. The van der Waals surface area contributed by atoms with Crippen LogP contribution in [0.1, 0.15) is 5.56 Å². The van der Waals surface area contributed by atoms with E-state index in [0.717, 1.165) is 27.8 Å². The molecule has 0 aliphatic carbocycles. The van der Waals surface area contributed by atoms with Gasteiger partial charge in [-0.2, -0.15) is 0 Å². The number of hydrogen-bond donors (Lipinski definition) is 0. The maximum absolute atomic E-state index is 10.6. The summed E-state index contributed by atoms with van der Waals surface area (Å²) < 4.78 is 10.9. The van der Waals surface area contributed by atoms with Crippen LogP contribution in [-0.4, -0.2) is 12.7 Å². The Morgan fingerprint density at radius 2 is 1.95 bits per heavy atom. The summed E-state index contributed by atoms with van der Waals surface area (Å²) in [7, 11) is 1.58. The third-order valence-electron chi connectivity index (χ3n) is 2.56. The van der Waals surface area contributed by atoms with E-state index in [2.05, 4.69) is 0 Å². The molecule has 0 saturated heterocycles. The molecule has 0 atom stereocenters. The minimum absolute atomic E-state index is 0.498. The van der Waals surface area contributed by atoms with E-state index in [0.29, 0.717) is 18.1 Å². The topological polar surface area (TPSA) is 35.5 Å². The lowest BCUT2D eigenvalue weighted by Crippen LogP contribution is -1.95. The molecule has 3 nitrogen and oxygen atoms in total. The Morgan fingerprint density at radius 1 is 1.16 bits per heavy atom. The predicted molar refractivity (Wildman–Crippen MR) is 76.4 cm³/mol. The van der Waals surface area contributed by atoms with Gasteiger partial charge in [0.25, 0.3) is 0 Å². The Bertz CT molecular complexity index is 540. The molecule has 0 amide bonds. The van der Waals surface area contributed by atoms with E-state index in [1.54, 1.807) is 19.2 Å². The van der Waals surface area contributed by atoms with Crippen LogP contribution in [0.15, 0.2) is 53.4 Å². The number of carbonyl (C=O) groups excluding carboxylic acids is 1. The molecule has 19 heavy (non-hydrogen) atoms. The first-order chi connectivity index (χ1) is 9.33. The molecule has 0 spiro atoms. The molecule has 0 aromatic heterocycles. The average Bonchev–Trinajstić information content (AvgIpc) is 2.47. The van der Waals surface area contributed by atoms with Gasteiger partial charge in [-0.15, -0.1) is 0 Å². The number of methoxy groups -OCH3 is 1. The SMILES string of the molecule is COc1ccc(OCc2ccccc2)cc1SC=O. The lowest BCUT2D eigenvalue weighted by atomic mass is 10.2. The van der Waals surface area contributed by atoms with Crippen molar-refractivity contribution in [1.82, 2.24) is 0 Å². The highest BCUT2D eigenvalue weighted by Crippen LogP contribution is 2.31. The molecule has 0 saturated carbocycles. The Morgan fingerprint density at radius 3 is 2.63 bits per heavy atom. The van der Waals surface area contributed by atoms with Crippen LogP contribution in [0.2, 0.25) is 0 Å². The number of hydrogen-bond acceptors (Lipinski definition) is 4. The lowest BCUT2D eigenvalue weighted by molar-refractivity contribution is 0.304. The second kappa shape index (κ2) is 6.85. The van der Waals surface area contributed by atoms with Crippen LogP contribution >= 0.6 is 11.8 Å². The van der Waals surface area contributed by atoms with Gasteiger partial charge in [0.15, 0.2) is 5.62 Å². The molecular formula is C15H14O3S. The standard InChI is InChI=1S/C15H14O3S/c1-17-14-8-7-13(9-15(14)19-11-16)18-10-12-5-3-2-4-6-12/h2-9,11H,10H2,1H3. The van der Waals surface area contributed by atoms with Crippen LogP contribution in [0.4, 0.5) is 0 Å². The monoisotopic (exact) mass is 274 g/mol. The minimum Gasteiger partial charge on any atom is -0.496 e. The van der Waals surface area contributed by atoms with Crippen LogP contribution in [0.25, 0.3) is 0 Å². The predicted octanol–water partition coefficient (Wildman–Crippen LogP) is 3.56. The molecule has 0 aliphatic heterocycles. The summed E-state index contributed by atoms with van der Waals surface area (Å²) in [6.07, 6.45) is 0. The molecule has 0 unspecified atom stereocenters. The molecule has 0 aliphatic rings. The second-order valence-corrected chi connectivity index (χ2v) is 4.67. The van der Waals surface area contributed by atoms with Crippen molar-refractivity contribution in [1.29, 1.82) is 0 Å². The highest BCUT2D eigenvalue weighted by molar-refractivity contribution is 8.12. The van der Waals surface area contributed by atoms with Crippen molar-refractivity contribution >= 4 is 17.4 Å². The Labute approximate surface area is 116 Å². The van der Waals surface area contributed by atoms with Crippen molar-refractivity contribution in [2.75, 3.05) is 7.11 Å². The fourth-order valence-corrected chi connectivity index (χ4v) is 2.19. The smallest absolute Gasteiger partial charge is 0.181 e. The normalized spacial score (nSPS) is 9.95. The summed E-state index contributed by atoms with van der Waals surface area (Å²) in [5.74, 6) is 1.39. The molecule has 2 aromatic rings. The van der Waals surface area contributed by atoms with Crippen molar-refractivity contribution < 1.29 is 14.3 Å². The second-order valence-electron chi connectivity index (χ2n) is 3.80. The van der Waals surface area contributed by atoms with Gasteiger partial charge in [-0.3, -0.25) is 4.79 Å². The summed E-state index contributed by atoms with van der Waals surface area (Å²) in [5, 5.41) is 0. The third kappa shape index (κ3) is 3.76. The van der Waals surface area contributed by atoms with Crippen LogP contribution in [-0.2, 0) is 11.4 Å². The fraction of sp³-hybridized carbons (Fsp3) is 0.133. The molecular weight excluding hydrogens is 260 g/mol. The van der Waals surface area contributed by atoms with Crippen LogP contribution in [0.3, 0.4) is 0 Å². The van der Waals surface area contributed by atoms with E-state index < -0.39 is 0 Å². The minimum atomic E-state index is 0.498. The Hall–Kier alpha value is -1.94. The van der Waals surface area contributed by atoms with Gasteiger partial charge in [0.05, 0.1) is 12.0 Å². The van der Waals surface area contributed by atoms with E-state index in [1.165, 1.54) is 0 Å². The van der Waals surface area contributed by atoms with Crippen molar-refractivity contribution in [2.45, 2.75) is 11.5 Å². The molecule has 0 heterocycles. The lowest BCUT2D eigenvalue weighted by Gasteiger charge is -2.10. The maximum atomic E-state index is 10.6. The maximum Gasteiger partial charge on any atom is 0.181 e. The summed E-state index contributed by atoms with van der Waals surface area (Å²) in [5.41, 5.74) is 1.88. The van der Waals surface area contributed by atoms with E-state index >= 15 is 0 Å². The molecule has 2 aromatic carbocycles. The first kappa shape index (κ1) is 13.5. The number of carbonyl (C=O) groups is 1. The molecule has 2 rings (SSSR count). The van der Waals surface area contributed by atoms with Gasteiger partial charge in [0.2, 0.25) is 0 Å². The van der Waals surface area contributed by atoms with Gasteiger partial charge in [0.1, 0.15) is 18.1 Å². The van der Waals surface area contributed by atoms with Gasteiger partial charge in [-0.1, -0.05) is 42.1 Å². The van der Waals surface area contributed by atoms with Gasteiger partial charge in [0, 0.05) is 0 Å². The van der Waals surface area contributed by atoms with Crippen LogP contribution in [0, 0.1) is 0 Å². The summed E-state index contributed by atoms with van der Waals surface area (Å²) >= 11 is 1.08. The zero-order chi connectivity index (χ0) is 13.5. The van der Waals surface area contributed by atoms with Gasteiger partial charge in [-0.05, 0) is 23.8 Å². The molecule has 0 radical (unpaired) electrons.